The van der Waals surface area contributed by atoms with Crippen LogP contribution in [0.5, 0.6) is 5.75 Å². The molecule has 2 atom stereocenters. The van der Waals surface area contributed by atoms with E-state index in [-0.39, 0.29) is 5.54 Å². The molecule has 0 amide bonds. The summed E-state index contributed by atoms with van der Waals surface area (Å²) in [5.74, 6) is 1.31. The van der Waals surface area contributed by atoms with Gasteiger partial charge in [0.05, 0.1) is 7.11 Å². The SMILES string of the molecule is COc1ccc(C2CC2(N)c2ccccc2)cc1. The molecule has 1 saturated carbocycles. The molecule has 2 heteroatoms. The highest BCUT2D eigenvalue weighted by Crippen LogP contribution is 2.56. The fourth-order valence-corrected chi connectivity index (χ4v) is 2.60. The van der Waals surface area contributed by atoms with E-state index < -0.39 is 0 Å². The third kappa shape index (κ3) is 1.79. The summed E-state index contributed by atoms with van der Waals surface area (Å²) in [6.45, 7) is 0. The topological polar surface area (TPSA) is 35.2 Å². The van der Waals surface area contributed by atoms with Crippen molar-refractivity contribution in [1.29, 1.82) is 0 Å². The lowest BCUT2D eigenvalue weighted by Gasteiger charge is -2.12. The van der Waals surface area contributed by atoms with E-state index in [9.17, 15) is 0 Å². The zero-order chi connectivity index (χ0) is 12.6. The van der Waals surface area contributed by atoms with Crippen LogP contribution in [-0.2, 0) is 5.54 Å². The van der Waals surface area contributed by atoms with Crippen LogP contribution in [0, 0.1) is 0 Å². The summed E-state index contributed by atoms with van der Waals surface area (Å²) in [5, 5.41) is 0. The molecule has 0 radical (unpaired) electrons. The molecule has 1 fully saturated rings. The Morgan fingerprint density at radius 1 is 1.06 bits per heavy atom. The summed E-state index contributed by atoms with van der Waals surface area (Å²) >= 11 is 0. The van der Waals surface area contributed by atoms with Gasteiger partial charge in [-0.1, -0.05) is 42.5 Å². The summed E-state index contributed by atoms with van der Waals surface area (Å²) < 4.78 is 5.17. The van der Waals surface area contributed by atoms with Crippen LogP contribution in [0.1, 0.15) is 23.5 Å². The van der Waals surface area contributed by atoms with Crippen LogP contribution in [0.15, 0.2) is 54.6 Å². The lowest BCUT2D eigenvalue weighted by molar-refractivity contribution is 0.414. The maximum Gasteiger partial charge on any atom is 0.118 e. The molecule has 2 nitrogen and oxygen atoms in total. The second-order valence-corrected chi connectivity index (χ2v) is 4.94. The van der Waals surface area contributed by atoms with Gasteiger partial charge in [0.2, 0.25) is 0 Å². The van der Waals surface area contributed by atoms with Crippen molar-refractivity contribution in [3.63, 3.8) is 0 Å². The number of hydrogen-bond donors (Lipinski definition) is 1. The standard InChI is InChI=1S/C16H17NO/c1-18-14-9-7-12(8-10-14)15-11-16(15,17)13-5-3-2-4-6-13/h2-10,15H,11,17H2,1H3. The highest BCUT2D eigenvalue weighted by Gasteiger charge is 2.52. The first kappa shape index (κ1) is 11.3. The minimum Gasteiger partial charge on any atom is -0.497 e. The van der Waals surface area contributed by atoms with E-state index in [4.69, 9.17) is 10.5 Å². The van der Waals surface area contributed by atoms with E-state index >= 15 is 0 Å². The second-order valence-electron chi connectivity index (χ2n) is 4.94. The molecule has 3 rings (SSSR count). The number of hydrogen-bond acceptors (Lipinski definition) is 2. The molecular formula is C16H17NO. The van der Waals surface area contributed by atoms with Gasteiger partial charge in [0, 0.05) is 11.5 Å². The van der Waals surface area contributed by atoms with Crippen LogP contribution >= 0.6 is 0 Å². The quantitative estimate of drug-likeness (QED) is 0.893. The van der Waals surface area contributed by atoms with Crippen molar-refractivity contribution in [2.45, 2.75) is 17.9 Å². The molecule has 1 aliphatic rings. The summed E-state index contributed by atoms with van der Waals surface area (Å²) in [6, 6.07) is 18.6. The highest BCUT2D eigenvalue weighted by atomic mass is 16.5. The third-order valence-corrected chi connectivity index (χ3v) is 3.83. The molecule has 2 aromatic rings. The van der Waals surface area contributed by atoms with Crippen molar-refractivity contribution < 1.29 is 4.74 Å². The van der Waals surface area contributed by atoms with Crippen molar-refractivity contribution in [2.75, 3.05) is 7.11 Å². The Hall–Kier alpha value is -1.80. The van der Waals surface area contributed by atoms with Crippen molar-refractivity contribution in [1.82, 2.24) is 0 Å². The molecule has 1 aliphatic carbocycles. The lowest BCUT2D eigenvalue weighted by atomic mass is 9.99. The van der Waals surface area contributed by atoms with Crippen molar-refractivity contribution >= 4 is 0 Å². The Morgan fingerprint density at radius 2 is 1.72 bits per heavy atom. The fourth-order valence-electron chi connectivity index (χ4n) is 2.60. The van der Waals surface area contributed by atoms with Crippen LogP contribution in [-0.4, -0.2) is 7.11 Å². The minimum absolute atomic E-state index is 0.185. The molecule has 0 aliphatic heterocycles. The second kappa shape index (κ2) is 4.14. The maximum absolute atomic E-state index is 6.48. The normalized spacial score (nSPS) is 25.8. The zero-order valence-corrected chi connectivity index (χ0v) is 10.5. The van der Waals surface area contributed by atoms with E-state index in [0.717, 1.165) is 12.2 Å². The average molecular weight is 239 g/mol. The summed E-state index contributed by atoms with van der Waals surface area (Å²) in [5.41, 5.74) is 8.82. The Labute approximate surface area is 107 Å². The van der Waals surface area contributed by atoms with Gasteiger partial charge in [0.1, 0.15) is 5.75 Å². The van der Waals surface area contributed by atoms with Gasteiger partial charge in [-0.2, -0.15) is 0 Å². The van der Waals surface area contributed by atoms with Gasteiger partial charge in [-0.3, -0.25) is 0 Å². The Kier molecular flexibility index (Phi) is 2.60. The Bertz CT molecular complexity index is 535. The minimum atomic E-state index is -0.185. The monoisotopic (exact) mass is 239 g/mol. The largest absolute Gasteiger partial charge is 0.497 e. The molecule has 0 saturated heterocycles. The van der Waals surface area contributed by atoms with Crippen molar-refractivity contribution in [3.05, 3.63) is 65.7 Å². The first-order valence-corrected chi connectivity index (χ1v) is 6.22. The maximum atomic E-state index is 6.48. The predicted molar refractivity (Wildman–Crippen MR) is 72.7 cm³/mol. The number of rotatable bonds is 3. The van der Waals surface area contributed by atoms with Crippen LogP contribution < -0.4 is 10.5 Å². The van der Waals surface area contributed by atoms with E-state index in [1.54, 1.807) is 7.11 Å². The molecule has 0 spiro atoms. The molecule has 0 bridgehead atoms. The molecule has 92 valence electrons. The number of nitrogens with two attached hydrogens (primary N) is 1. The van der Waals surface area contributed by atoms with Crippen LogP contribution in [0.4, 0.5) is 0 Å². The number of ether oxygens (including phenoxy) is 1. The summed E-state index contributed by atoms with van der Waals surface area (Å²) in [7, 11) is 1.68. The fraction of sp³-hybridized carbons (Fsp3) is 0.250. The molecule has 0 heterocycles. The highest BCUT2D eigenvalue weighted by molar-refractivity contribution is 5.42. The van der Waals surface area contributed by atoms with Crippen LogP contribution in [0.3, 0.4) is 0 Å². The van der Waals surface area contributed by atoms with Gasteiger partial charge in [0.25, 0.3) is 0 Å². The molecular weight excluding hydrogens is 222 g/mol. The van der Waals surface area contributed by atoms with E-state index in [0.29, 0.717) is 5.92 Å². The van der Waals surface area contributed by atoms with E-state index in [2.05, 4.69) is 24.3 Å². The van der Waals surface area contributed by atoms with Gasteiger partial charge in [-0.05, 0) is 29.7 Å². The van der Waals surface area contributed by atoms with E-state index in [1.165, 1.54) is 11.1 Å². The van der Waals surface area contributed by atoms with Gasteiger partial charge in [0.15, 0.2) is 0 Å². The van der Waals surface area contributed by atoms with Gasteiger partial charge >= 0.3 is 0 Å². The van der Waals surface area contributed by atoms with E-state index in [1.807, 2.05) is 30.3 Å². The zero-order valence-electron chi connectivity index (χ0n) is 10.5. The number of benzene rings is 2. The first-order valence-electron chi connectivity index (χ1n) is 6.22. The Morgan fingerprint density at radius 3 is 2.33 bits per heavy atom. The van der Waals surface area contributed by atoms with Crippen molar-refractivity contribution in [2.24, 2.45) is 5.73 Å². The molecule has 2 unspecified atom stereocenters. The van der Waals surface area contributed by atoms with Gasteiger partial charge in [-0.15, -0.1) is 0 Å². The smallest absolute Gasteiger partial charge is 0.118 e. The van der Waals surface area contributed by atoms with Crippen molar-refractivity contribution in [3.8, 4) is 5.75 Å². The summed E-state index contributed by atoms with van der Waals surface area (Å²) in [6.07, 6.45) is 1.02. The molecule has 0 aromatic heterocycles. The molecule has 2 aromatic carbocycles. The lowest BCUT2D eigenvalue weighted by Crippen LogP contribution is -2.21. The summed E-state index contributed by atoms with van der Waals surface area (Å²) in [4.78, 5) is 0. The predicted octanol–water partition coefficient (Wildman–Crippen LogP) is 3.04. The molecule has 2 N–H and O–H groups in total. The van der Waals surface area contributed by atoms with Crippen LogP contribution in [0.2, 0.25) is 0 Å². The Balaban J connectivity index is 1.84. The van der Waals surface area contributed by atoms with Crippen LogP contribution in [0.25, 0.3) is 0 Å². The van der Waals surface area contributed by atoms with Gasteiger partial charge < -0.3 is 10.5 Å². The third-order valence-electron chi connectivity index (χ3n) is 3.83. The molecule has 18 heavy (non-hydrogen) atoms. The first-order chi connectivity index (χ1) is 8.74. The average Bonchev–Trinajstić information content (AvgIpc) is 3.14. The number of methoxy groups -OCH3 is 1. The van der Waals surface area contributed by atoms with Gasteiger partial charge in [-0.25, -0.2) is 0 Å².